The Hall–Kier alpha value is -3.48. The van der Waals surface area contributed by atoms with Gasteiger partial charge in [-0.25, -0.2) is 13.4 Å². The molecule has 0 aliphatic heterocycles. The van der Waals surface area contributed by atoms with Crippen LogP contribution in [0.1, 0.15) is 22.1 Å². The van der Waals surface area contributed by atoms with Crippen LogP contribution in [0.4, 0.5) is 5.69 Å². The monoisotopic (exact) mass is 422 g/mol. The fourth-order valence-corrected chi connectivity index (χ4v) is 4.90. The number of hydrogen-bond acceptors (Lipinski definition) is 6. The summed E-state index contributed by atoms with van der Waals surface area (Å²) in [5.74, 6) is -1.23. The summed E-state index contributed by atoms with van der Waals surface area (Å²) in [5, 5.41) is 11.2. The summed E-state index contributed by atoms with van der Waals surface area (Å²) in [5.41, 5.74) is 2.03. The van der Waals surface area contributed by atoms with Crippen LogP contribution in [0.3, 0.4) is 0 Å². The molecule has 0 saturated carbocycles. The molecule has 0 spiro atoms. The molecule has 1 atom stereocenters. The first-order valence-electron chi connectivity index (χ1n) is 8.53. The van der Waals surface area contributed by atoms with E-state index in [1.807, 2.05) is 24.3 Å². The molecule has 0 aliphatic rings. The van der Waals surface area contributed by atoms with Crippen LogP contribution in [0.2, 0.25) is 0 Å². The van der Waals surface area contributed by atoms with Crippen molar-refractivity contribution < 1.29 is 13.2 Å². The molecule has 2 N–H and O–H groups in total. The van der Waals surface area contributed by atoms with E-state index in [9.17, 15) is 18.5 Å². The zero-order valence-corrected chi connectivity index (χ0v) is 16.5. The van der Waals surface area contributed by atoms with E-state index in [0.717, 1.165) is 16.9 Å². The number of rotatable bonds is 6. The van der Waals surface area contributed by atoms with Crippen molar-refractivity contribution in [1.29, 1.82) is 5.26 Å². The predicted molar refractivity (Wildman–Crippen MR) is 110 cm³/mol. The lowest BCUT2D eigenvalue weighted by molar-refractivity contribution is 0.0976. The second-order valence-corrected chi connectivity index (χ2v) is 9.04. The van der Waals surface area contributed by atoms with Gasteiger partial charge in [-0.1, -0.05) is 18.2 Å². The highest BCUT2D eigenvalue weighted by Crippen LogP contribution is 2.24. The fourth-order valence-electron chi connectivity index (χ4n) is 2.84. The first-order chi connectivity index (χ1) is 14.0. The highest BCUT2D eigenvalue weighted by atomic mass is 32.2. The molecular formula is C20H14N4O3S2. The molecule has 2 aromatic heterocycles. The number of Topliss-reactive ketones (excluding diaryl/α,β-unsaturated/α-hetero) is 1. The standard InChI is InChI=1S/C20H14N4O3S2/c21-12-15(20-22-16-4-1-2-5-17(16)23-20)19(25)13-7-9-14(10-8-13)24-29(26,27)18-6-3-11-28-18/h1-11,15,24H,(H,22,23). The van der Waals surface area contributed by atoms with Crippen molar-refractivity contribution in [3.63, 3.8) is 0 Å². The number of aromatic amines is 1. The smallest absolute Gasteiger partial charge is 0.271 e. The van der Waals surface area contributed by atoms with Gasteiger partial charge >= 0.3 is 0 Å². The number of nitrogens with zero attached hydrogens (tertiary/aromatic N) is 2. The number of fused-ring (bicyclic) bond motifs is 1. The van der Waals surface area contributed by atoms with Crippen molar-refractivity contribution >= 4 is 43.9 Å². The minimum atomic E-state index is -3.67. The van der Waals surface area contributed by atoms with E-state index in [1.54, 1.807) is 17.5 Å². The van der Waals surface area contributed by atoms with Crippen LogP contribution < -0.4 is 4.72 Å². The van der Waals surface area contributed by atoms with Crippen LogP contribution >= 0.6 is 11.3 Å². The highest BCUT2D eigenvalue weighted by Gasteiger charge is 2.25. The summed E-state index contributed by atoms with van der Waals surface area (Å²) < 4.78 is 27.2. The maximum absolute atomic E-state index is 12.8. The minimum absolute atomic E-state index is 0.201. The lowest BCUT2D eigenvalue weighted by Crippen LogP contribution is -2.14. The van der Waals surface area contributed by atoms with Gasteiger partial charge in [0.2, 0.25) is 0 Å². The van der Waals surface area contributed by atoms with E-state index in [0.29, 0.717) is 11.2 Å². The lowest BCUT2D eigenvalue weighted by atomic mass is 9.98. The highest BCUT2D eigenvalue weighted by molar-refractivity contribution is 7.94. The third kappa shape index (κ3) is 3.76. The van der Waals surface area contributed by atoms with Crippen LogP contribution in [0.5, 0.6) is 0 Å². The average Bonchev–Trinajstić information content (AvgIpc) is 3.39. The van der Waals surface area contributed by atoms with Gasteiger partial charge in [0.25, 0.3) is 10.0 Å². The van der Waals surface area contributed by atoms with Crippen molar-refractivity contribution in [2.24, 2.45) is 0 Å². The number of nitrogens with one attached hydrogen (secondary N) is 2. The van der Waals surface area contributed by atoms with Gasteiger partial charge in [-0.15, -0.1) is 11.3 Å². The number of carbonyl (C=O) groups is 1. The van der Waals surface area contributed by atoms with Gasteiger partial charge in [-0.2, -0.15) is 5.26 Å². The number of imidazole rings is 1. The summed E-state index contributed by atoms with van der Waals surface area (Å²) >= 11 is 1.11. The Balaban J connectivity index is 1.56. The molecule has 9 heteroatoms. The van der Waals surface area contributed by atoms with Gasteiger partial charge in [0.05, 0.1) is 17.1 Å². The third-order valence-corrected chi connectivity index (χ3v) is 7.03. The molecule has 0 saturated heterocycles. The summed E-state index contributed by atoms with van der Waals surface area (Å²) in [6.45, 7) is 0. The number of para-hydroxylation sites is 2. The number of hydrogen-bond donors (Lipinski definition) is 2. The van der Waals surface area contributed by atoms with Crippen LogP contribution in [0.15, 0.2) is 70.3 Å². The largest absolute Gasteiger partial charge is 0.340 e. The van der Waals surface area contributed by atoms with Crippen molar-refractivity contribution in [3.05, 3.63) is 77.4 Å². The van der Waals surface area contributed by atoms with Crippen molar-refractivity contribution in [2.75, 3.05) is 4.72 Å². The molecule has 0 radical (unpaired) electrons. The molecule has 0 fully saturated rings. The topological polar surface area (TPSA) is 116 Å². The van der Waals surface area contributed by atoms with Crippen molar-refractivity contribution in [1.82, 2.24) is 9.97 Å². The number of benzene rings is 2. The van der Waals surface area contributed by atoms with E-state index in [2.05, 4.69) is 14.7 Å². The molecule has 0 bridgehead atoms. The fraction of sp³-hybridized carbons (Fsp3) is 0.0500. The van der Waals surface area contributed by atoms with Gasteiger partial charge in [0, 0.05) is 11.3 Å². The molecular weight excluding hydrogens is 408 g/mol. The molecule has 2 aromatic carbocycles. The number of nitriles is 1. The number of H-pyrrole nitrogens is 1. The Bertz CT molecular complexity index is 1290. The Morgan fingerprint density at radius 2 is 1.86 bits per heavy atom. The van der Waals surface area contributed by atoms with Crippen molar-refractivity contribution in [2.45, 2.75) is 10.1 Å². The maximum atomic E-state index is 12.8. The second kappa shape index (κ2) is 7.50. The van der Waals surface area contributed by atoms with Gasteiger partial charge in [-0.3, -0.25) is 9.52 Å². The van der Waals surface area contributed by atoms with E-state index < -0.39 is 21.7 Å². The Kier molecular flexibility index (Phi) is 4.88. The number of anilines is 1. The SMILES string of the molecule is N#CC(C(=O)c1ccc(NS(=O)(=O)c2cccs2)cc1)c1nc2ccccc2[nH]1. The number of sulfonamides is 1. The Morgan fingerprint density at radius 1 is 1.10 bits per heavy atom. The molecule has 29 heavy (non-hydrogen) atoms. The first-order valence-corrected chi connectivity index (χ1v) is 10.9. The van der Waals surface area contributed by atoms with E-state index in [1.165, 1.54) is 30.3 Å². The maximum Gasteiger partial charge on any atom is 0.271 e. The van der Waals surface area contributed by atoms with Crippen LogP contribution in [-0.2, 0) is 10.0 Å². The van der Waals surface area contributed by atoms with Crippen molar-refractivity contribution in [3.8, 4) is 6.07 Å². The van der Waals surface area contributed by atoms with E-state index >= 15 is 0 Å². The minimum Gasteiger partial charge on any atom is -0.340 e. The Labute approximate surface area is 170 Å². The summed E-state index contributed by atoms with van der Waals surface area (Å²) in [4.78, 5) is 20.2. The molecule has 7 nitrogen and oxygen atoms in total. The summed E-state index contributed by atoms with van der Waals surface area (Å²) in [6.07, 6.45) is 0. The Morgan fingerprint density at radius 3 is 2.52 bits per heavy atom. The lowest BCUT2D eigenvalue weighted by Gasteiger charge is -2.08. The van der Waals surface area contributed by atoms with E-state index in [4.69, 9.17) is 0 Å². The zero-order chi connectivity index (χ0) is 20.4. The van der Waals surface area contributed by atoms with E-state index in [-0.39, 0.29) is 15.6 Å². The molecule has 0 amide bonds. The third-order valence-electron chi connectivity index (χ3n) is 4.25. The molecule has 0 aliphatic carbocycles. The second-order valence-electron chi connectivity index (χ2n) is 6.18. The number of aromatic nitrogens is 2. The molecule has 1 unspecified atom stereocenters. The predicted octanol–water partition coefficient (Wildman–Crippen LogP) is 3.92. The number of ketones is 1. The first kappa shape index (κ1) is 18.9. The summed E-state index contributed by atoms with van der Waals surface area (Å²) in [6, 6.07) is 18.4. The molecule has 4 aromatic rings. The number of carbonyl (C=O) groups excluding carboxylic acids is 1. The zero-order valence-electron chi connectivity index (χ0n) is 14.9. The van der Waals surface area contributed by atoms with Crippen LogP contribution in [0, 0.1) is 11.3 Å². The number of thiophene rings is 1. The summed E-state index contributed by atoms with van der Waals surface area (Å²) in [7, 11) is -3.67. The van der Waals surface area contributed by atoms with Crippen LogP contribution in [-0.4, -0.2) is 24.2 Å². The van der Waals surface area contributed by atoms with Gasteiger partial charge in [0.1, 0.15) is 10.0 Å². The normalized spacial score (nSPS) is 12.4. The molecule has 4 rings (SSSR count). The molecule has 2 heterocycles. The average molecular weight is 422 g/mol. The molecule has 144 valence electrons. The van der Waals surface area contributed by atoms with Gasteiger partial charge < -0.3 is 4.98 Å². The quantitative estimate of drug-likeness (QED) is 0.457. The van der Waals surface area contributed by atoms with Gasteiger partial charge in [0.15, 0.2) is 11.7 Å². The van der Waals surface area contributed by atoms with Crippen LogP contribution in [0.25, 0.3) is 11.0 Å². The van der Waals surface area contributed by atoms with Gasteiger partial charge in [-0.05, 0) is 47.8 Å².